The highest BCUT2D eigenvalue weighted by Crippen LogP contribution is 2.55. The van der Waals surface area contributed by atoms with E-state index >= 15 is 0 Å². The molecule has 146 valence electrons. The lowest BCUT2D eigenvalue weighted by Gasteiger charge is -2.37. The van der Waals surface area contributed by atoms with Gasteiger partial charge in [0.1, 0.15) is 6.10 Å². The van der Waals surface area contributed by atoms with Gasteiger partial charge in [-0.05, 0) is 30.5 Å². The summed E-state index contributed by atoms with van der Waals surface area (Å²) in [5.41, 5.74) is 3.63. The number of ether oxygens (including phenoxy) is 2. The van der Waals surface area contributed by atoms with Crippen LogP contribution < -0.4 is 4.74 Å². The molecule has 0 bridgehead atoms. The van der Waals surface area contributed by atoms with E-state index in [-0.39, 0.29) is 23.4 Å². The molecule has 4 nitrogen and oxygen atoms in total. The van der Waals surface area contributed by atoms with Crippen LogP contribution in [-0.2, 0) is 23.2 Å². The molecule has 3 aliphatic rings. The molecule has 2 heterocycles. The SMILES string of the molecule is CCO[C@H]1C=C[C@@]23CCN(Cc4ccccc4)Cc4ccc(O)c(c42)O[C@H]3C1. The summed E-state index contributed by atoms with van der Waals surface area (Å²) in [5, 5.41) is 10.5. The Morgan fingerprint density at radius 2 is 2.07 bits per heavy atom. The molecule has 3 atom stereocenters. The second-order valence-electron chi connectivity index (χ2n) is 8.13. The lowest BCUT2D eigenvalue weighted by atomic mass is 9.69. The van der Waals surface area contributed by atoms with Crippen LogP contribution in [0.15, 0.2) is 54.6 Å². The van der Waals surface area contributed by atoms with Crippen LogP contribution in [-0.4, -0.2) is 35.4 Å². The van der Waals surface area contributed by atoms with Crippen LogP contribution in [0.5, 0.6) is 11.5 Å². The molecule has 1 N–H and O–H groups in total. The number of hydrogen-bond donors (Lipinski definition) is 1. The van der Waals surface area contributed by atoms with Gasteiger partial charge in [0.15, 0.2) is 11.5 Å². The van der Waals surface area contributed by atoms with Gasteiger partial charge in [-0.2, -0.15) is 0 Å². The van der Waals surface area contributed by atoms with E-state index in [1.54, 1.807) is 6.07 Å². The Balaban J connectivity index is 1.52. The Kier molecular flexibility index (Phi) is 4.41. The quantitative estimate of drug-likeness (QED) is 0.813. The van der Waals surface area contributed by atoms with Crippen molar-refractivity contribution in [3.8, 4) is 11.5 Å². The number of phenolic OH excluding ortho intramolecular Hbond substituents is 1. The van der Waals surface area contributed by atoms with Crippen LogP contribution in [0.3, 0.4) is 0 Å². The molecular formula is C24H27NO3. The summed E-state index contributed by atoms with van der Waals surface area (Å²) in [6, 6.07) is 14.5. The van der Waals surface area contributed by atoms with Crippen LogP contribution in [0.1, 0.15) is 36.5 Å². The number of nitrogens with zero attached hydrogens (tertiary/aromatic N) is 1. The van der Waals surface area contributed by atoms with E-state index in [0.29, 0.717) is 12.4 Å². The van der Waals surface area contributed by atoms with Gasteiger partial charge >= 0.3 is 0 Å². The van der Waals surface area contributed by atoms with Gasteiger partial charge in [-0.3, -0.25) is 4.90 Å². The van der Waals surface area contributed by atoms with Crippen molar-refractivity contribution in [2.24, 2.45) is 0 Å². The smallest absolute Gasteiger partial charge is 0.165 e. The average molecular weight is 377 g/mol. The van der Waals surface area contributed by atoms with Crippen LogP contribution in [0.4, 0.5) is 0 Å². The predicted molar refractivity (Wildman–Crippen MR) is 109 cm³/mol. The van der Waals surface area contributed by atoms with Crippen LogP contribution in [0, 0.1) is 0 Å². The van der Waals surface area contributed by atoms with Gasteiger partial charge in [0.05, 0.1) is 11.5 Å². The van der Waals surface area contributed by atoms with Crippen molar-refractivity contribution in [3.05, 3.63) is 71.3 Å². The maximum Gasteiger partial charge on any atom is 0.165 e. The number of rotatable bonds is 4. The molecular weight excluding hydrogens is 350 g/mol. The first-order valence-corrected chi connectivity index (χ1v) is 10.3. The minimum absolute atomic E-state index is 0.0211. The summed E-state index contributed by atoms with van der Waals surface area (Å²) in [6.45, 7) is 5.53. The van der Waals surface area contributed by atoms with Crippen molar-refractivity contribution in [2.75, 3.05) is 13.2 Å². The van der Waals surface area contributed by atoms with Gasteiger partial charge in [-0.15, -0.1) is 0 Å². The van der Waals surface area contributed by atoms with E-state index in [9.17, 15) is 5.11 Å². The zero-order valence-electron chi connectivity index (χ0n) is 16.3. The maximum atomic E-state index is 10.5. The zero-order valence-corrected chi connectivity index (χ0v) is 16.3. The molecule has 0 radical (unpaired) electrons. The van der Waals surface area contributed by atoms with E-state index in [4.69, 9.17) is 9.47 Å². The zero-order chi connectivity index (χ0) is 19.1. The van der Waals surface area contributed by atoms with E-state index in [1.165, 1.54) is 16.7 Å². The van der Waals surface area contributed by atoms with Crippen LogP contribution in [0.25, 0.3) is 0 Å². The molecule has 0 aromatic heterocycles. The molecule has 0 amide bonds. The molecule has 2 aromatic rings. The number of benzene rings is 2. The molecule has 0 saturated carbocycles. The summed E-state index contributed by atoms with van der Waals surface area (Å²) in [7, 11) is 0. The van der Waals surface area contributed by atoms with Crippen molar-refractivity contribution < 1.29 is 14.6 Å². The number of aromatic hydroxyl groups is 1. The Morgan fingerprint density at radius 3 is 2.89 bits per heavy atom. The normalized spacial score (nSPS) is 28.3. The van der Waals surface area contributed by atoms with Crippen molar-refractivity contribution in [3.63, 3.8) is 0 Å². The maximum absolute atomic E-state index is 10.5. The first kappa shape index (κ1) is 17.8. The van der Waals surface area contributed by atoms with Gasteiger partial charge in [0.25, 0.3) is 0 Å². The molecule has 2 aliphatic heterocycles. The summed E-state index contributed by atoms with van der Waals surface area (Å²) >= 11 is 0. The van der Waals surface area contributed by atoms with E-state index in [2.05, 4.69) is 53.5 Å². The van der Waals surface area contributed by atoms with E-state index < -0.39 is 0 Å². The summed E-state index contributed by atoms with van der Waals surface area (Å²) in [5.74, 6) is 0.941. The lowest BCUT2D eigenvalue weighted by molar-refractivity contribution is 0.0331. The van der Waals surface area contributed by atoms with Crippen molar-refractivity contribution in [1.82, 2.24) is 4.90 Å². The monoisotopic (exact) mass is 377 g/mol. The Hall–Kier alpha value is -2.30. The molecule has 2 aromatic carbocycles. The summed E-state index contributed by atoms with van der Waals surface area (Å²) in [6.07, 6.45) is 6.44. The van der Waals surface area contributed by atoms with Gasteiger partial charge in [0, 0.05) is 38.2 Å². The third-order valence-electron chi connectivity index (χ3n) is 6.44. The fraction of sp³-hybridized carbons (Fsp3) is 0.417. The van der Waals surface area contributed by atoms with Crippen molar-refractivity contribution in [1.29, 1.82) is 0 Å². The van der Waals surface area contributed by atoms with Gasteiger partial charge < -0.3 is 14.6 Å². The van der Waals surface area contributed by atoms with Crippen LogP contribution in [0.2, 0.25) is 0 Å². The largest absolute Gasteiger partial charge is 0.504 e. The first-order valence-electron chi connectivity index (χ1n) is 10.3. The van der Waals surface area contributed by atoms with Crippen molar-refractivity contribution >= 4 is 0 Å². The first-order chi connectivity index (χ1) is 13.7. The van der Waals surface area contributed by atoms with Crippen LogP contribution >= 0.6 is 0 Å². The predicted octanol–water partition coefficient (Wildman–Crippen LogP) is 4.16. The van der Waals surface area contributed by atoms with E-state index in [1.807, 2.05) is 6.92 Å². The highest BCUT2D eigenvalue weighted by Gasteiger charge is 2.52. The summed E-state index contributed by atoms with van der Waals surface area (Å²) in [4.78, 5) is 2.51. The number of phenols is 1. The molecule has 4 heteroatoms. The van der Waals surface area contributed by atoms with E-state index in [0.717, 1.165) is 32.5 Å². The molecule has 0 saturated heterocycles. The van der Waals surface area contributed by atoms with Gasteiger partial charge in [-0.1, -0.05) is 48.6 Å². The fourth-order valence-corrected chi connectivity index (χ4v) is 5.15. The minimum Gasteiger partial charge on any atom is -0.504 e. The fourth-order valence-electron chi connectivity index (χ4n) is 5.15. The highest BCUT2D eigenvalue weighted by molar-refractivity contribution is 5.60. The lowest BCUT2D eigenvalue weighted by Crippen LogP contribution is -2.43. The Morgan fingerprint density at radius 1 is 1.21 bits per heavy atom. The molecule has 0 unspecified atom stereocenters. The summed E-state index contributed by atoms with van der Waals surface area (Å²) < 4.78 is 12.2. The van der Waals surface area contributed by atoms with Gasteiger partial charge in [0.2, 0.25) is 0 Å². The molecule has 5 rings (SSSR count). The highest BCUT2D eigenvalue weighted by atomic mass is 16.5. The minimum atomic E-state index is -0.164. The molecule has 1 spiro atoms. The molecule has 0 fully saturated rings. The second kappa shape index (κ2) is 6.94. The van der Waals surface area contributed by atoms with Gasteiger partial charge in [-0.25, -0.2) is 0 Å². The molecule has 28 heavy (non-hydrogen) atoms. The third kappa shape index (κ3) is 2.83. The molecule has 1 aliphatic carbocycles. The average Bonchev–Trinajstić information content (AvgIpc) is 2.97. The third-order valence-corrected chi connectivity index (χ3v) is 6.44. The number of hydrogen-bond acceptors (Lipinski definition) is 4. The standard InChI is InChI=1S/C24H27NO3/c1-2-27-19-10-11-24-12-13-25(15-17-6-4-3-5-7-17)16-18-8-9-20(26)23(22(18)24)28-21(24)14-19/h3-11,19,21,26H,2,12-16H2,1H3/t19-,21-,24-/m0/s1. The Bertz CT molecular complexity index is 894. The topological polar surface area (TPSA) is 41.9 Å². The second-order valence-corrected chi connectivity index (χ2v) is 8.13. The van der Waals surface area contributed by atoms with Crippen molar-refractivity contribution in [2.45, 2.75) is 50.5 Å². The Labute approximate surface area is 166 Å².